The van der Waals surface area contributed by atoms with Gasteiger partial charge in [0.05, 0.1) is 11.9 Å². The number of carbonyl (C=O) groups excluding carboxylic acids is 1. The molecule has 0 atom stereocenters. The maximum atomic E-state index is 12.0. The van der Waals surface area contributed by atoms with Crippen LogP contribution in [0.1, 0.15) is 21.6 Å². The molecule has 2 N–H and O–H groups in total. The summed E-state index contributed by atoms with van der Waals surface area (Å²) in [6.45, 7) is 5.53. The first-order valence-electron chi connectivity index (χ1n) is 7.69. The lowest BCUT2D eigenvalue weighted by atomic mass is 10.1. The molecule has 0 aliphatic heterocycles. The average Bonchev–Trinajstić information content (AvgIpc) is 2.51. The molecule has 0 spiro atoms. The fourth-order valence-corrected chi connectivity index (χ4v) is 2.11. The second-order valence-electron chi connectivity index (χ2n) is 5.93. The molecule has 2 aromatic rings. The molecule has 0 saturated heterocycles. The van der Waals surface area contributed by atoms with E-state index in [1.165, 1.54) is 11.1 Å². The minimum absolute atomic E-state index is 0.148. The third-order valence-electron chi connectivity index (χ3n) is 3.51. The molecule has 0 bridgehead atoms. The molecule has 1 aromatic heterocycles. The van der Waals surface area contributed by atoms with Crippen LogP contribution >= 0.6 is 0 Å². The highest BCUT2D eigenvalue weighted by atomic mass is 16.1. The summed E-state index contributed by atoms with van der Waals surface area (Å²) in [6.07, 6.45) is 1.68. The molecule has 122 valence electrons. The van der Waals surface area contributed by atoms with Crippen molar-refractivity contribution < 1.29 is 4.79 Å². The Balaban J connectivity index is 1.99. The molecule has 0 aliphatic rings. The van der Waals surface area contributed by atoms with Crippen LogP contribution in [0.3, 0.4) is 0 Å². The summed E-state index contributed by atoms with van der Waals surface area (Å²) in [5, 5.41) is 6.19. The van der Waals surface area contributed by atoms with Crippen molar-refractivity contribution in [3.05, 3.63) is 53.3 Å². The van der Waals surface area contributed by atoms with Crippen LogP contribution in [0.5, 0.6) is 0 Å². The fraction of sp³-hybridized carbons (Fsp3) is 0.333. The first-order chi connectivity index (χ1) is 11.0. The molecule has 23 heavy (non-hydrogen) atoms. The van der Waals surface area contributed by atoms with Gasteiger partial charge in [-0.3, -0.25) is 4.79 Å². The van der Waals surface area contributed by atoms with E-state index < -0.39 is 0 Å². The Morgan fingerprint density at radius 3 is 2.61 bits per heavy atom. The highest BCUT2D eigenvalue weighted by molar-refractivity contribution is 5.92. The Bertz CT molecular complexity index is 665. The molecular weight excluding hydrogens is 288 g/mol. The van der Waals surface area contributed by atoms with Crippen LogP contribution in [0.15, 0.2) is 36.5 Å². The van der Waals surface area contributed by atoms with Crippen LogP contribution in [0, 0.1) is 13.8 Å². The van der Waals surface area contributed by atoms with Gasteiger partial charge in [0.15, 0.2) is 0 Å². The number of nitrogens with one attached hydrogen (secondary N) is 2. The zero-order chi connectivity index (χ0) is 16.8. The zero-order valence-electron chi connectivity index (χ0n) is 14.2. The molecule has 0 saturated carbocycles. The van der Waals surface area contributed by atoms with Gasteiger partial charge in [0.25, 0.3) is 5.91 Å². The molecule has 0 fully saturated rings. The van der Waals surface area contributed by atoms with E-state index in [2.05, 4.69) is 47.7 Å². The number of hydrogen-bond acceptors (Lipinski definition) is 4. The van der Waals surface area contributed by atoms with Crippen LogP contribution in [0.25, 0.3) is 0 Å². The Labute approximate surface area is 137 Å². The minimum atomic E-state index is -0.148. The van der Waals surface area contributed by atoms with Gasteiger partial charge in [0.1, 0.15) is 5.69 Å². The maximum Gasteiger partial charge on any atom is 0.269 e. The van der Waals surface area contributed by atoms with Crippen molar-refractivity contribution in [2.75, 3.05) is 32.5 Å². The van der Waals surface area contributed by atoms with Crippen molar-refractivity contribution in [2.45, 2.75) is 13.8 Å². The Kier molecular flexibility index (Phi) is 5.71. The number of rotatable bonds is 6. The summed E-state index contributed by atoms with van der Waals surface area (Å²) in [5.41, 5.74) is 4.71. The fourth-order valence-electron chi connectivity index (χ4n) is 2.11. The van der Waals surface area contributed by atoms with E-state index in [0.29, 0.717) is 12.2 Å². The number of anilines is 2. The Morgan fingerprint density at radius 1 is 1.17 bits per heavy atom. The summed E-state index contributed by atoms with van der Waals surface area (Å²) in [6, 6.07) is 9.86. The number of benzene rings is 1. The summed E-state index contributed by atoms with van der Waals surface area (Å²) in [5.74, 6) is -0.148. The van der Waals surface area contributed by atoms with Crippen molar-refractivity contribution in [3.63, 3.8) is 0 Å². The third-order valence-corrected chi connectivity index (χ3v) is 3.51. The molecule has 0 radical (unpaired) electrons. The van der Waals surface area contributed by atoms with Gasteiger partial charge in [-0.2, -0.15) is 0 Å². The quantitative estimate of drug-likeness (QED) is 0.861. The summed E-state index contributed by atoms with van der Waals surface area (Å²) in [4.78, 5) is 18.2. The van der Waals surface area contributed by atoms with Crippen LogP contribution < -0.4 is 10.6 Å². The molecule has 1 amide bonds. The van der Waals surface area contributed by atoms with Gasteiger partial charge in [-0.15, -0.1) is 0 Å². The van der Waals surface area contributed by atoms with Gasteiger partial charge in [0.2, 0.25) is 0 Å². The maximum absolute atomic E-state index is 12.0. The summed E-state index contributed by atoms with van der Waals surface area (Å²) >= 11 is 0. The van der Waals surface area contributed by atoms with Gasteiger partial charge in [-0.05, 0) is 57.3 Å². The number of pyridine rings is 1. The molecular formula is C18H24N4O. The first-order valence-corrected chi connectivity index (χ1v) is 7.69. The van der Waals surface area contributed by atoms with E-state index in [-0.39, 0.29) is 5.91 Å². The first kappa shape index (κ1) is 17.0. The number of nitrogens with zero attached hydrogens (tertiary/aromatic N) is 2. The smallest absolute Gasteiger partial charge is 0.269 e. The molecule has 0 unspecified atom stereocenters. The standard InChI is InChI=1S/C18H24N4O/c1-13-5-6-14(2)17(11-13)21-15-7-8-16(20-12-15)18(23)19-9-10-22(3)4/h5-8,11-12,21H,9-10H2,1-4H3,(H,19,23). The normalized spacial score (nSPS) is 10.7. The van der Waals surface area contributed by atoms with Crippen molar-refractivity contribution in [2.24, 2.45) is 0 Å². The van der Waals surface area contributed by atoms with Crippen LogP contribution in [-0.4, -0.2) is 43.0 Å². The van der Waals surface area contributed by atoms with Gasteiger partial charge in [0, 0.05) is 18.8 Å². The average molecular weight is 312 g/mol. The monoisotopic (exact) mass is 312 g/mol. The molecule has 2 rings (SSSR count). The van der Waals surface area contributed by atoms with E-state index in [4.69, 9.17) is 0 Å². The van der Waals surface area contributed by atoms with E-state index >= 15 is 0 Å². The van der Waals surface area contributed by atoms with E-state index in [9.17, 15) is 4.79 Å². The summed E-state index contributed by atoms with van der Waals surface area (Å²) in [7, 11) is 3.94. The van der Waals surface area contributed by atoms with E-state index in [1.54, 1.807) is 12.3 Å². The number of likely N-dealkylation sites (N-methyl/N-ethyl adjacent to an activating group) is 1. The van der Waals surface area contributed by atoms with E-state index in [0.717, 1.165) is 17.9 Å². The van der Waals surface area contributed by atoms with Crippen molar-refractivity contribution in [1.82, 2.24) is 15.2 Å². The number of amides is 1. The molecule has 5 heteroatoms. The van der Waals surface area contributed by atoms with Gasteiger partial charge >= 0.3 is 0 Å². The number of hydrogen-bond donors (Lipinski definition) is 2. The second kappa shape index (κ2) is 7.74. The molecule has 5 nitrogen and oxygen atoms in total. The minimum Gasteiger partial charge on any atom is -0.354 e. The van der Waals surface area contributed by atoms with E-state index in [1.807, 2.05) is 25.1 Å². The van der Waals surface area contributed by atoms with Gasteiger partial charge in [-0.25, -0.2) is 4.98 Å². The number of aryl methyl sites for hydroxylation is 2. The molecule has 0 aliphatic carbocycles. The highest BCUT2D eigenvalue weighted by Gasteiger charge is 2.07. The predicted octanol–water partition coefficient (Wildman–Crippen LogP) is 2.73. The van der Waals surface area contributed by atoms with Crippen LogP contribution in [0.2, 0.25) is 0 Å². The zero-order valence-corrected chi connectivity index (χ0v) is 14.2. The number of carbonyl (C=O) groups is 1. The second-order valence-corrected chi connectivity index (χ2v) is 5.93. The Hall–Kier alpha value is -2.40. The van der Waals surface area contributed by atoms with Crippen molar-refractivity contribution in [3.8, 4) is 0 Å². The van der Waals surface area contributed by atoms with Crippen LogP contribution in [0.4, 0.5) is 11.4 Å². The van der Waals surface area contributed by atoms with Crippen molar-refractivity contribution >= 4 is 17.3 Å². The lowest BCUT2D eigenvalue weighted by molar-refractivity contribution is 0.0946. The lowest BCUT2D eigenvalue weighted by Gasteiger charge is -2.12. The molecule has 1 aromatic carbocycles. The topological polar surface area (TPSA) is 57.3 Å². The van der Waals surface area contributed by atoms with Crippen LogP contribution in [-0.2, 0) is 0 Å². The Morgan fingerprint density at radius 2 is 1.96 bits per heavy atom. The lowest BCUT2D eigenvalue weighted by Crippen LogP contribution is -2.31. The van der Waals surface area contributed by atoms with Gasteiger partial charge in [-0.1, -0.05) is 12.1 Å². The highest BCUT2D eigenvalue weighted by Crippen LogP contribution is 2.21. The number of aromatic nitrogens is 1. The largest absolute Gasteiger partial charge is 0.354 e. The molecule has 1 heterocycles. The predicted molar refractivity (Wildman–Crippen MR) is 94.3 cm³/mol. The third kappa shape index (κ3) is 5.07. The summed E-state index contributed by atoms with van der Waals surface area (Å²) < 4.78 is 0. The SMILES string of the molecule is Cc1ccc(C)c(Nc2ccc(C(=O)NCCN(C)C)nc2)c1. The van der Waals surface area contributed by atoms with Crippen molar-refractivity contribution in [1.29, 1.82) is 0 Å². The van der Waals surface area contributed by atoms with Gasteiger partial charge < -0.3 is 15.5 Å².